The van der Waals surface area contributed by atoms with Crippen LogP contribution < -0.4 is 5.43 Å². The standard InChI is InChI=1S/C19H18N4O2S/c1-2-6-13-7-5-8-14(18(13)25)11-20-23-17(24)12-26-19-21-15-9-3-4-10-16(15)22-19/h2-5,7-11,25H,1,6,12H2,(H,21,22)(H,23,24)/b20-11-. The van der Waals surface area contributed by atoms with E-state index in [1.807, 2.05) is 36.4 Å². The molecule has 3 N–H and O–H groups in total. The van der Waals surface area contributed by atoms with Gasteiger partial charge in [-0.05, 0) is 30.2 Å². The van der Waals surface area contributed by atoms with Crippen molar-refractivity contribution < 1.29 is 9.90 Å². The molecule has 1 amide bonds. The molecule has 0 fully saturated rings. The van der Waals surface area contributed by atoms with E-state index in [1.165, 1.54) is 18.0 Å². The minimum Gasteiger partial charge on any atom is -0.507 e. The van der Waals surface area contributed by atoms with Crippen molar-refractivity contribution in [3.8, 4) is 5.75 Å². The molecule has 0 radical (unpaired) electrons. The van der Waals surface area contributed by atoms with Crippen molar-refractivity contribution in [2.75, 3.05) is 5.75 Å². The van der Waals surface area contributed by atoms with Crippen molar-refractivity contribution in [1.29, 1.82) is 0 Å². The van der Waals surface area contributed by atoms with Crippen LogP contribution in [0.2, 0.25) is 0 Å². The van der Waals surface area contributed by atoms with Crippen molar-refractivity contribution in [2.45, 2.75) is 11.6 Å². The molecule has 0 aliphatic rings. The second-order valence-corrected chi connectivity index (χ2v) is 6.45. The van der Waals surface area contributed by atoms with E-state index in [2.05, 4.69) is 27.1 Å². The highest BCUT2D eigenvalue weighted by Gasteiger charge is 2.07. The molecule has 0 aliphatic heterocycles. The molecule has 1 aromatic heterocycles. The molecule has 2 aromatic carbocycles. The molecule has 0 unspecified atom stereocenters. The molecular formula is C19H18N4O2S. The summed E-state index contributed by atoms with van der Waals surface area (Å²) in [7, 11) is 0. The number of aromatic nitrogens is 2. The van der Waals surface area contributed by atoms with Gasteiger partial charge >= 0.3 is 0 Å². The average molecular weight is 366 g/mol. The fourth-order valence-corrected chi connectivity index (χ4v) is 3.05. The number of thioether (sulfide) groups is 1. The Hall–Kier alpha value is -3.06. The van der Waals surface area contributed by atoms with Gasteiger partial charge in [0, 0.05) is 5.56 Å². The third-order valence-electron chi connectivity index (χ3n) is 3.62. The summed E-state index contributed by atoms with van der Waals surface area (Å²) >= 11 is 1.30. The predicted molar refractivity (Wildman–Crippen MR) is 105 cm³/mol. The fraction of sp³-hybridized carbons (Fsp3) is 0.105. The zero-order valence-electron chi connectivity index (χ0n) is 14.0. The van der Waals surface area contributed by atoms with Crippen molar-refractivity contribution in [1.82, 2.24) is 15.4 Å². The first kappa shape index (κ1) is 17.8. The van der Waals surface area contributed by atoms with Crippen LogP contribution in [0, 0.1) is 0 Å². The molecule has 6 nitrogen and oxygen atoms in total. The lowest BCUT2D eigenvalue weighted by Gasteiger charge is -2.04. The second-order valence-electron chi connectivity index (χ2n) is 5.49. The van der Waals surface area contributed by atoms with E-state index in [0.29, 0.717) is 17.1 Å². The van der Waals surface area contributed by atoms with Crippen LogP contribution in [0.25, 0.3) is 11.0 Å². The summed E-state index contributed by atoms with van der Waals surface area (Å²) in [5.74, 6) is 0.0649. The summed E-state index contributed by atoms with van der Waals surface area (Å²) < 4.78 is 0. The number of phenols is 1. The summed E-state index contributed by atoms with van der Waals surface area (Å²) in [6, 6.07) is 13.0. The Morgan fingerprint density at radius 2 is 2.15 bits per heavy atom. The van der Waals surface area contributed by atoms with Crippen LogP contribution in [0.5, 0.6) is 5.75 Å². The molecule has 0 saturated heterocycles. The Kier molecular flexibility index (Phi) is 5.70. The predicted octanol–water partition coefficient (Wildman–Crippen LogP) is 3.24. The number of para-hydroxylation sites is 3. The smallest absolute Gasteiger partial charge is 0.250 e. The molecule has 0 bridgehead atoms. The highest BCUT2D eigenvalue weighted by atomic mass is 32.2. The van der Waals surface area contributed by atoms with Gasteiger partial charge < -0.3 is 10.1 Å². The number of benzene rings is 2. The van der Waals surface area contributed by atoms with Gasteiger partial charge in [0.2, 0.25) is 0 Å². The van der Waals surface area contributed by atoms with Crippen LogP contribution in [0.15, 0.2) is 65.4 Å². The zero-order valence-corrected chi connectivity index (χ0v) is 14.8. The molecule has 26 heavy (non-hydrogen) atoms. The topological polar surface area (TPSA) is 90.4 Å². The van der Waals surface area contributed by atoms with Crippen LogP contribution in [0.3, 0.4) is 0 Å². The average Bonchev–Trinajstić information content (AvgIpc) is 3.06. The maximum atomic E-state index is 11.9. The van der Waals surface area contributed by atoms with Crippen LogP contribution in [0.1, 0.15) is 11.1 Å². The second kappa shape index (κ2) is 8.35. The lowest BCUT2D eigenvalue weighted by Crippen LogP contribution is -2.19. The number of H-pyrrole nitrogens is 1. The highest BCUT2D eigenvalue weighted by molar-refractivity contribution is 7.99. The molecule has 3 rings (SSSR count). The Bertz CT molecular complexity index is 932. The number of hydrogen-bond acceptors (Lipinski definition) is 5. The number of aromatic amines is 1. The van der Waals surface area contributed by atoms with Crippen molar-refractivity contribution in [3.05, 3.63) is 66.2 Å². The molecule has 0 saturated carbocycles. The number of phenolic OH excluding ortho intramolecular Hbond substituents is 1. The number of aromatic hydroxyl groups is 1. The van der Waals surface area contributed by atoms with Gasteiger partial charge in [-0.15, -0.1) is 6.58 Å². The number of amides is 1. The first-order valence-corrected chi connectivity index (χ1v) is 8.97. The molecule has 3 aromatic rings. The van der Waals surface area contributed by atoms with E-state index in [0.717, 1.165) is 16.6 Å². The molecule has 0 spiro atoms. The molecule has 0 aliphatic carbocycles. The number of nitrogens with zero attached hydrogens (tertiary/aromatic N) is 2. The van der Waals surface area contributed by atoms with Gasteiger partial charge in [0.1, 0.15) is 5.75 Å². The highest BCUT2D eigenvalue weighted by Crippen LogP contribution is 2.21. The zero-order chi connectivity index (χ0) is 18.4. The minimum absolute atomic E-state index is 0.141. The number of carbonyl (C=O) groups is 1. The number of hydrogen-bond donors (Lipinski definition) is 3. The number of imidazole rings is 1. The molecule has 0 atom stereocenters. The quantitative estimate of drug-likeness (QED) is 0.259. The third kappa shape index (κ3) is 4.31. The van der Waals surface area contributed by atoms with Gasteiger partial charge in [-0.3, -0.25) is 4.79 Å². The van der Waals surface area contributed by atoms with E-state index >= 15 is 0 Å². The van der Waals surface area contributed by atoms with E-state index in [1.54, 1.807) is 12.1 Å². The van der Waals surface area contributed by atoms with Crippen LogP contribution in [0.4, 0.5) is 0 Å². The first-order chi connectivity index (χ1) is 12.7. The largest absolute Gasteiger partial charge is 0.507 e. The van der Waals surface area contributed by atoms with Crippen molar-refractivity contribution in [3.63, 3.8) is 0 Å². The number of carbonyl (C=O) groups excluding carboxylic acids is 1. The number of allylic oxidation sites excluding steroid dienone is 1. The SMILES string of the molecule is C=CCc1cccc(/C=N\NC(=O)CSc2nc3ccccc3[nH]2)c1O. The van der Waals surface area contributed by atoms with Gasteiger partial charge in [0.15, 0.2) is 5.16 Å². The van der Waals surface area contributed by atoms with Gasteiger partial charge in [0.05, 0.1) is 23.0 Å². The maximum absolute atomic E-state index is 11.9. The third-order valence-corrected chi connectivity index (χ3v) is 4.49. The molecule has 1 heterocycles. The van der Waals surface area contributed by atoms with Gasteiger partial charge in [-0.25, -0.2) is 10.4 Å². The molecule has 7 heteroatoms. The van der Waals surface area contributed by atoms with E-state index in [9.17, 15) is 9.90 Å². The van der Waals surface area contributed by atoms with Crippen LogP contribution in [-0.4, -0.2) is 32.9 Å². The molecule has 132 valence electrons. The molecular weight excluding hydrogens is 348 g/mol. The fourth-order valence-electron chi connectivity index (χ4n) is 2.37. The lowest BCUT2D eigenvalue weighted by molar-refractivity contribution is -0.118. The summed E-state index contributed by atoms with van der Waals surface area (Å²) in [6.07, 6.45) is 3.70. The summed E-state index contributed by atoms with van der Waals surface area (Å²) in [6.45, 7) is 3.66. The van der Waals surface area contributed by atoms with E-state index in [-0.39, 0.29) is 17.4 Å². The first-order valence-electron chi connectivity index (χ1n) is 7.98. The summed E-state index contributed by atoms with van der Waals surface area (Å²) in [5, 5.41) is 14.7. The summed E-state index contributed by atoms with van der Waals surface area (Å²) in [5.41, 5.74) is 5.54. The Morgan fingerprint density at radius 1 is 1.31 bits per heavy atom. The Morgan fingerprint density at radius 3 is 2.96 bits per heavy atom. The van der Waals surface area contributed by atoms with Crippen LogP contribution >= 0.6 is 11.8 Å². The number of hydrazone groups is 1. The van der Waals surface area contributed by atoms with Gasteiger partial charge in [-0.2, -0.15) is 5.10 Å². The monoisotopic (exact) mass is 366 g/mol. The Labute approximate surface area is 155 Å². The maximum Gasteiger partial charge on any atom is 0.250 e. The Balaban J connectivity index is 1.54. The summed E-state index contributed by atoms with van der Waals surface area (Å²) in [4.78, 5) is 19.5. The van der Waals surface area contributed by atoms with Crippen molar-refractivity contribution in [2.24, 2.45) is 5.10 Å². The number of rotatable bonds is 7. The van der Waals surface area contributed by atoms with E-state index in [4.69, 9.17) is 0 Å². The van der Waals surface area contributed by atoms with Gasteiger partial charge in [-0.1, -0.05) is 42.1 Å². The number of nitrogens with one attached hydrogen (secondary N) is 2. The number of fused-ring (bicyclic) bond motifs is 1. The van der Waals surface area contributed by atoms with Gasteiger partial charge in [0.25, 0.3) is 5.91 Å². The lowest BCUT2D eigenvalue weighted by atomic mass is 10.1. The normalized spacial score (nSPS) is 11.1. The van der Waals surface area contributed by atoms with Crippen LogP contribution in [-0.2, 0) is 11.2 Å². The minimum atomic E-state index is -0.256. The van der Waals surface area contributed by atoms with E-state index < -0.39 is 0 Å². The van der Waals surface area contributed by atoms with Crippen molar-refractivity contribution >= 4 is 34.9 Å².